The maximum absolute atomic E-state index is 12.3. The second-order valence-corrected chi connectivity index (χ2v) is 7.41. The number of hydrogen-bond donors (Lipinski definition) is 1. The van der Waals surface area contributed by atoms with E-state index in [9.17, 15) is 4.79 Å². The molecule has 2 aromatic carbocycles. The van der Waals surface area contributed by atoms with Gasteiger partial charge in [-0.2, -0.15) is 0 Å². The molecule has 0 aliphatic carbocycles. The van der Waals surface area contributed by atoms with E-state index in [2.05, 4.69) is 31.3 Å². The number of carbonyl (C=O) groups excluding carboxylic acids is 1. The molecule has 0 aromatic heterocycles. The summed E-state index contributed by atoms with van der Waals surface area (Å²) in [5, 5.41) is 2.95. The van der Waals surface area contributed by atoms with E-state index < -0.39 is 0 Å². The van der Waals surface area contributed by atoms with Crippen LogP contribution in [0.4, 0.5) is 5.69 Å². The largest absolute Gasteiger partial charge is 0.493 e. The van der Waals surface area contributed by atoms with E-state index in [-0.39, 0.29) is 12.3 Å². The van der Waals surface area contributed by atoms with Gasteiger partial charge in [0, 0.05) is 11.0 Å². The Bertz CT molecular complexity index is 790. The van der Waals surface area contributed by atoms with Crippen LogP contribution in [0, 0.1) is 0 Å². The van der Waals surface area contributed by atoms with Crippen molar-refractivity contribution in [3.05, 3.63) is 42.0 Å². The van der Waals surface area contributed by atoms with Crippen molar-refractivity contribution in [3.63, 3.8) is 0 Å². The molecule has 0 atom stereocenters. The molecule has 1 heterocycles. The van der Waals surface area contributed by atoms with Crippen molar-refractivity contribution in [1.82, 2.24) is 0 Å². The van der Waals surface area contributed by atoms with Gasteiger partial charge in [-0.05, 0) is 35.9 Å². The lowest BCUT2D eigenvalue weighted by molar-refractivity contribution is -0.116. The Morgan fingerprint density at radius 1 is 1.15 bits per heavy atom. The number of fused-ring (bicyclic) bond motifs is 1. The minimum absolute atomic E-state index is 0.0965. The average molecular weight is 388 g/mol. The predicted molar refractivity (Wildman–Crippen MR) is 108 cm³/mol. The topological polar surface area (TPSA) is 56.8 Å². The third-order valence-corrected chi connectivity index (χ3v) is 5.06. The summed E-state index contributed by atoms with van der Waals surface area (Å²) in [5.41, 5.74) is 2.00. The molecule has 0 spiro atoms. The number of ether oxygens (including phenoxy) is 3. The van der Waals surface area contributed by atoms with Crippen molar-refractivity contribution in [2.75, 3.05) is 31.4 Å². The maximum atomic E-state index is 12.3. The fraction of sp³-hybridized carbons (Fsp3) is 0.381. The van der Waals surface area contributed by atoms with Gasteiger partial charge in [0.15, 0.2) is 11.5 Å². The van der Waals surface area contributed by atoms with Gasteiger partial charge in [-0.25, -0.2) is 0 Å². The van der Waals surface area contributed by atoms with Crippen LogP contribution in [0.1, 0.15) is 31.7 Å². The first-order chi connectivity index (χ1) is 13.1. The lowest BCUT2D eigenvalue weighted by atomic mass is 10.0. The second-order valence-electron chi connectivity index (χ2n) is 6.57. The van der Waals surface area contributed by atoms with E-state index in [1.807, 2.05) is 30.5 Å². The van der Waals surface area contributed by atoms with Crippen LogP contribution in [0.2, 0.25) is 0 Å². The van der Waals surface area contributed by atoms with Crippen LogP contribution < -0.4 is 19.5 Å². The molecular formula is C21H25NO4S. The SMILES string of the molecule is CSc1cc2c(cc1NC(=O)CCOc1ccc(C(C)C)cc1)OCCO2. The zero-order valence-corrected chi connectivity index (χ0v) is 16.7. The molecule has 144 valence electrons. The predicted octanol–water partition coefficient (Wildman–Crippen LogP) is 4.71. The van der Waals surface area contributed by atoms with Gasteiger partial charge in [-0.15, -0.1) is 11.8 Å². The molecule has 0 saturated carbocycles. The average Bonchev–Trinajstić information content (AvgIpc) is 2.67. The van der Waals surface area contributed by atoms with E-state index in [4.69, 9.17) is 14.2 Å². The summed E-state index contributed by atoms with van der Waals surface area (Å²) in [6, 6.07) is 11.7. The first-order valence-electron chi connectivity index (χ1n) is 9.07. The van der Waals surface area contributed by atoms with Crippen LogP contribution >= 0.6 is 11.8 Å². The maximum Gasteiger partial charge on any atom is 0.227 e. The molecule has 5 nitrogen and oxygen atoms in total. The highest BCUT2D eigenvalue weighted by atomic mass is 32.2. The van der Waals surface area contributed by atoms with Crippen LogP contribution in [0.5, 0.6) is 17.2 Å². The molecule has 1 aliphatic rings. The summed E-state index contributed by atoms with van der Waals surface area (Å²) in [6.07, 6.45) is 2.24. The Hall–Kier alpha value is -2.34. The molecule has 1 N–H and O–H groups in total. The van der Waals surface area contributed by atoms with Crippen molar-refractivity contribution in [1.29, 1.82) is 0 Å². The van der Waals surface area contributed by atoms with E-state index >= 15 is 0 Å². The lowest BCUT2D eigenvalue weighted by Gasteiger charge is -2.21. The van der Waals surface area contributed by atoms with Crippen molar-refractivity contribution in [3.8, 4) is 17.2 Å². The van der Waals surface area contributed by atoms with Gasteiger partial charge >= 0.3 is 0 Å². The summed E-state index contributed by atoms with van der Waals surface area (Å²) in [5.74, 6) is 2.55. The van der Waals surface area contributed by atoms with E-state index in [1.165, 1.54) is 5.56 Å². The van der Waals surface area contributed by atoms with Gasteiger partial charge in [-0.1, -0.05) is 26.0 Å². The highest BCUT2D eigenvalue weighted by Crippen LogP contribution is 2.39. The van der Waals surface area contributed by atoms with Crippen LogP contribution in [-0.2, 0) is 4.79 Å². The number of nitrogens with one attached hydrogen (secondary N) is 1. The number of anilines is 1. The number of rotatable bonds is 7. The van der Waals surface area contributed by atoms with Crippen LogP contribution in [0.15, 0.2) is 41.3 Å². The Labute approximate surface area is 164 Å². The summed E-state index contributed by atoms with van der Waals surface area (Å²) in [7, 11) is 0. The van der Waals surface area contributed by atoms with Crippen molar-refractivity contribution in [2.24, 2.45) is 0 Å². The van der Waals surface area contributed by atoms with Crippen molar-refractivity contribution >= 4 is 23.4 Å². The molecule has 2 aromatic rings. The fourth-order valence-corrected chi connectivity index (χ4v) is 3.31. The first-order valence-corrected chi connectivity index (χ1v) is 10.3. The quantitative estimate of drug-likeness (QED) is 0.697. The number of amides is 1. The van der Waals surface area contributed by atoms with Crippen molar-refractivity contribution < 1.29 is 19.0 Å². The number of carbonyl (C=O) groups is 1. The second kappa shape index (κ2) is 9.04. The summed E-state index contributed by atoms with van der Waals surface area (Å²) < 4.78 is 16.9. The van der Waals surface area contributed by atoms with Gasteiger partial charge in [0.1, 0.15) is 19.0 Å². The van der Waals surface area contributed by atoms with E-state index in [0.29, 0.717) is 31.5 Å². The van der Waals surface area contributed by atoms with E-state index in [1.54, 1.807) is 11.8 Å². The third kappa shape index (κ3) is 5.10. The normalized spacial score (nSPS) is 12.7. The molecule has 1 aliphatic heterocycles. The minimum Gasteiger partial charge on any atom is -0.493 e. The highest BCUT2D eigenvalue weighted by molar-refractivity contribution is 7.98. The molecule has 0 fully saturated rings. The summed E-state index contributed by atoms with van der Waals surface area (Å²) in [6.45, 7) is 5.69. The van der Waals surface area contributed by atoms with Crippen molar-refractivity contribution in [2.45, 2.75) is 31.1 Å². The smallest absolute Gasteiger partial charge is 0.227 e. The van der Waals surface area contributed by atoms with E-state index in [0.717, 1.165) is 22.1 Å². The standard InChI is InChI=1S/C21H25NO4S/c1-14(2)15-4-6-16(7-5-15)24-9-8-21(23)22-17-12-18-19(13-20(17)27-3)26-11-10-25-18/h4-7,12-14H,8-11H2,1-3H3,(H,22,23). The Morgan fingerprint density at radius 2 is 1.81 bits per heavy atom. The number of hydrogen-bond acceptors (Lipinski definition) is 5. The zero-order valence-electron chi connectivity index (χ0n) is 15.9. The van der Waals surface area contributed by atoms with Crippen LogP contribution in [0.3, 0.4) is 0 Å². The molecule has 0 unspecified atom stereocenters. The van der Waals surface area contributed by atoms with Gasteiger partial charge in [0.2, 0.25) is 5.91 Å². The Morgan fingerprint density at radius 3 is 2.44 bits per heavy atom. The van der Waals surface area contributed by atoms with Gasteiger partial charge < -0.3 is 19.5 Å². The third-order valence-electron chi connectivity index (χ3n) is 4.28. The highest BCUT2D eigenvalue weighted by Gasteiger charge is 2.17. The molecule has 0 saturated heterocycles. The molecule has 1 amide bonds. The van der Waals surface area contributed by atoms with Crippen LogP contribution in [-0.4, -0.2) is 32.0 Å². The van der Waals surface area contributed by atoms with Gasteiger partial charge in [-0.3, -0.25) is 4.79 Å². The molecule has 6 heteroatoms. The first kappa shape index (κ1) is 19.4. The Kier molecular flexibility index (Phi) is 6.50. The fourth-order valence-electron chi connectivity index (χ4n) is 2.76. The molecule has 0 radical (unpaired) electrons. The molecular weight excluding hydrogens is 362 g/mol. The molecule has 0 bridgehead atoms. The van der Waals surface area contributed by atoms with Crippen LogP contribution in [0.25, 0.3) is 0 Å². The number of benzene rings is 2. The van der Waals surface area contributed by atoms with Gasteiger partial charge in [0.05, 0.1) is 18.7 Å². The van der Waals surface area contributed by atoms with Gasteiger partial charge in [0.25, 0.3) is 0 Å². The number of thioether (sulfide) groups is 1. The summed E-state index contributed by atoms with van der Waals surface area (Å²) >= 11 is 1.55. The molecule has 27 heavy (non-hydrogen) atoms. The molecule has 3 rings (SSSR count). The minimum atomic E-state index is -0.0965. The monoisotopic (exact) mass is 387 g/mol. The lowest BCUT2D eigenvalue weighted by Crippen LogP contribution is -2.18. The Balaban J connectivity index is 1.54. The zero-order chi connectivity index (χ0) is 19.2. The summed E-state index contributed by atoms with van der Waals surface area (Å²) in [4.78, 5) is 13.3.